The fraction of sp³-hybridized carbons (Fsp3) is 0.429. The maximum Gasteiger partial charge on any atom is 0.0621 e. The van der Waals surface area contributed by atoms with Crippen LogP contribution in [0.5, 0.6) is 0 Å². The first-order valence-electron chi connectivity index (χ1n) is 3.28. The van der Waals surface area contributed by atoms with Gasteiger partial charge in [-0.2, -0.15) is 10.4 Å². The third-order valence-corrected chi connectivity index (χ3v) is 1.31. The molecule has 0 bridgehead atoms. The highest BCUT2D eigenvalue weighted by molar-refractivity contribution is 5.02. The van der Waals surface area contributed by atoms with Gasteiger partial charge in [-0.3, -0.25) is 5.10 Å². The van der Waals surface area contributed by atoms with E-state index in [1.807, 2.05) is 6.20 Å². The van der Waals surface area contributed by atoms with E-state index in [9.17, 15) is 0 Å². The van der Waals surface area contributed by atoms with Gasteiger partial charge in [-0.05, 0) is 18.4 Å². The quantitative estimate of drug-likeness (QED) is 0.634. The fourth-order valence-electron chi connectivity index (χ4n) is 0.786. The lowest BCUT2D eigenvalue weighted by Gasteiger charge is -1.88. The summed E-state index contributed by atoms with van der Waals surface area (Å²) in [6, 6.07) is 2.10. The molecule has 52 valence electrons. The van der Waals surface area contributed by atoms with Gasteiger partial charge in [-0.1, -0.05) is 0 Å². The summed E-state index contributed by atoms with van der Waals surface area (Å²) in [4.78, 5) is 0. The van der Waals surface area contributed by atoms with Gasteiger partial charge in [0.1, 0.15) is 0 Å². The molecule has 1 heterocycles. The van der Waals surface area contributed by atoms with Crippen LogP contribution < -0.4 is 0 Å². The van der Waals surface area contributed by atoms with Crippen molar-refractivity contribution in [3.8, 4) is 6.07 Å². The molecular weight excluding hydrogens is 126 g/mol. The van der Waals surface area contributed by atoms with Crippen LogP contribution in [-0.4, -0.2) is 10.2 Å². The van der Waals surface area contributed by atoms with E-state index >= 15 is 0 Å². The van der Waals surface area contributed by atoms with Crippen LogP contribution >= 0.6 is 0 Å². The molecule has 1 rings (SSSR count). The van der Waals surface area contributed by atoms with Gasteiger partial charge in [-0.15, -0.1) is 0 Å². The zero-order chi connectivity index (χ0) is 7.23. The van der Waals surface area contributed by atoms with E-state index in [2.05, 4.69) is 16.3 Å². The molecule has 0 aromatic carbocycles. The number of aromatic nitrogens is 2. The number of nitrogens with one attached hydrogen (secondary N) is 1. The molecule has 3 heteroatoms. The Morgan fingerprint density at radius 3 is 3.20 bits per heavy atom. The Kier molecular flexibility index (Phi) is 2.50. The van der Waals surface area contributed by atoms with Crippen LogP contribution in [0, 0.1) is 11.3 Å². The molecule has 0 aliphatic rings. The molecule has 0 aliphatic heterocycles. The maximum absolute atomic E-state index is 8.22. The lowest BCUT2D eigenvalue weighted by molar-refractivity contribution is 0.851. The topological polar surface area (TPSA) is 52.5 Å². The van der Waals surface area contributed by atoms with Crippen LogP contribution in [0.3, 0.4) is 0 Å². The number of aromatic amines is 1. The van der Waals surface area contributed by atoms with E-state index < -0.39 is 0 Å². The molecule has 0 unspecified atom stereocenters. The monoisotopic (exact) mass is 135 g/mol. The summed E-state index contributed by atoms with van der Waals surface area (Å²) in [5.41, 5.74) is 1.18. The molecule has 0 atom stereocenters. The molecule has 0 spiro atoms. The second-order valence-corrected chi connectivity index (χ2v) is 2.12. The summed E-state index contributed by atoms with van der Waals surface area (Å²) < 4.78 is 0. The number of hydrogen-bond acceptors (Lipinski definition) is 2. The van der Waals surface area contributed by atoms with Gasteiger partial charge in [0.25, 0.3) is 0 Å². The molecule has 10 heavy (non-hydrogen) atoms. The highest BCUT2D eigenvalue weighted by Crippen LogP contribution is 2.00. The number of nitrogens with zero attached hydrogens (tertiary/aromatic N) is 2. The average molecular weight is 135 g/mol. The minimum absolute atomic E-state index is 0.630. The maximum atomic E-state index is 8.22. The molecule has 0 radical (unpaired) electrons. The van der Waals surface area contributed by atoms with E-state index in [1.165, 1.54) is 5.56 Å². The van der Waals surface area contributed by atoms with E-state index in [0.29, 0.717) is 6.42 Å². The first kappa shape index (κ1) is 6.81. The van der Waals surface area contributed by atoms with Gasteiger partial charge < -0.3 is 0 Å². The predicted molar refractivity (Wildman–Crippen MR) is 37.1 cm³/mol. The summed E-state index contributed by atoms with van der Waals surface area (Å²) in [7, 11) is 0. The van der Waals surface area contributed by atoms with Crippen molar-refractivity contribution in [2.45, 2.75) is 19.3 Å². The first-order valence-corrected chi connectivity index (χ1v) is 3.28. The fourth-order valence-corrected chi connectivity index (χ4v) is 0.786. The van der Waals surface area contributed by atoms with Crippen LogP contribution in [0.1, 0.15) is 18.4 Å². The number of hydrogen-bond donors (Lipinski definition) is 1. The van der Waals surface area contributed by atoms with Crippen molar-refractivity contribution >= 4 is 0 Å². The molecule has 0 fully saturated rings. The smallest absolute Gasteiger partial charge is 0.0621 e. The predicted octanol–water partition coefficient (Wildman–Crippen LogP) is 1.26. The molecule has 1 aromatic rings. The van der Waals surface area contributed by atoms with E-state index in [1.54, 1.807) is 6.20 Å². The molecule has 0 saturated heterocycles. The second-order valence-electron chi connectivity index (χ2n) is 2.12. The summed E-state index contributed by atoms with van der Waals surface area (Å²) in [6.07, 6.45) is 6.15. The largest absolute Gasteiger partial charge is 0.285 e. The molecule has 3 nitrogen and oxygen atoms in total. The number of aryl methyl sites for hydroxylation is 1. The zero-order valence-electron chi connectivity index (χ0n) is 5.67. The summed E-state index contributed by atoms with van der Waals surface area (Å²) in [5, 5.41) is 14.7. The standard InChI is InChI=1S/C7H9N3/c8-4-2-1-3-7-5-9-10-6-7/h5-6H,1-3H2,(H,9,10). The van der Waals surface area contributed by atoms with Crippen molar-refractivity contribution in [1.29, 1.82) is 5.26 Å². The van der Waals surface area contributed by atoms with Crippen LogP contribution in [0.15, 0.2) is 12.4 Å². The summed E-state index contributed by atoms with van der Waals surface area (Å²) in [5.74, 6) is 0. The highest BCUT2D eigenvalue weighted by atomic mass is 15.1. The summed E-state index contributed by atoms with van der Waals surface area (Å²) in [6.45, 7) is 0. The lowest BCUT2D eigenvalue weighted by Crippen LogP contribution is -1.79. The number of H-pyrrole nitrogens is 1. The van der Waals surface area contributed by atoms with Gasteiger partial charge in [0.15, 0.2) is 0 Å². The van der Waals surface area contributed by atoms with Crippen LogP contribution in [-0.2, 0) is 6.42 Å². The minimum Gasteiger partial charge on any atom is -0.285 e. The van der Waals surface area contributed by atoms with Crippen LogP contribution in [0.25, 0.3) is 0 Å². The SMILES string of the molecule is N#CCCCc1cn[nH]c1. The number of nitriles is 1. The van der Waals surface area contributed by atoms with Crippen LogP contribution in [0.4, 0.5) is 0 Å². The molecule has 0 saturated carbocycles. The normalized spacial score (nSPS) is 9.10. The third kappa shape index (κ3) is 1.90. The van der Waals surface area contributed by atoms with Gasteiger partial charge in [0.05, 0.1) is 12.3 Å². The van der Waals surface area contributed by atoms with E-state index in [-0.39, 0.29) is 0 Å². The third-order valence-electron chi connectivity index (χ3n) is 1.31. The first-order chi connectivity index (χ1) is 4.93. The zero-order valence-corrected chi connectivity index (χ0v) is 5.67. The molecule has 0 amide bonds. The van der Waals surface area contributed by atoms with Crippen molar-refractivity contribution in [2.24, 2.45) is 0 Å². The van der Waals surface area contributed by atoms with Gasteiger partial charge in [0.2, 0.25) is 0 Å². The van der Waals surface area contributed by atoms with Crippen molar-refractivity contribution in [3.63, 3.8) is 0 Å². The number of unbranched alkanes of at least 4 members (excludes halogenated alkanes) is 1. The highest BCUT2D eigenvalue weighted by Gasteiger charge is 1.91. The molecule has 0 aliphatic carbocycles. The number of rotatable bonds is 3. The van der Waals surface area contributed by atoms with Crippen molar-refractivity contribution in [1.82, 2.24) is 10.2 Å². The Labute approximate surface area is 59.7 Å². The van der Waals surface area contributed by atoms with Crippen LogP contribution in [0.2, 0.25) is 0 Å². The van der Waals surface area contributed by atoms with Gasteiger partial charge >= 0.3 is 0 Å². The lowest BCUT2D eigenvalue weighted by atomic mass is 10.2. The van der Waals surface area contributed by atoms with E-state index in [0.717, 1.165) is 12.8 Å². The Morgan fingerprint density at radius 1 is 1.70 bits per heavy atom. The molecule has 1 aromatic heterocycles. The van der Waals surface area contributed by atoms with Gasteiger partial charge in [-0.25, -0.2) is 0 Å². The Hall–Kier alpha value is -1.30. The van der Waals surface area contributed by atoms with E-state index in [4.69, 9.17) is 5.26 Å². The minimum atomic E-state index is 0.630. The summed E-state index contributed by atoms with van der Waals surface area (Å²) >= 11 is 0. The van der Waals surface area contributed by atoms with Crippen molar-refractivity contribution in [3.05, 3.63) is 18.0 Å². The Balaban J connectivity index is 2.23. The molecular formula is C7H9N3. The Bertz CT molecular complexity index is 207. The van der Waals surface area contributed by atoms with Gasteiger partial charge in [0, 0.05) is 12.6 Å². The molecule has 1 N–H and O–H groups in total. The Morgan fingerprint density at radius 2 is 2.60 bits per heavy atom. The van der Waals surface area contributed by atoms with Crippen molar-refractivity contribution < 1.29 is 0 Å². The van der Waals surface area contributed by atoms with Crippen molar-refractivity contribution in [2.75, 3.05) is 0 Å². The second kappa shape index (κ2) is 3.67. The average Bonchev–Trinajstić information content (AvgIpc) is 2.41.